The summed E-state index contributed by atoms with van der Waals surface area (Å²) in [4.78, 5) is 13.9. The zero-order chi connectivity index (χ0) is 27.4. The average Bonchev–Trinajstić information content (AvgIpc) is 3.36. The van der Waals surface area contributed by atoms with Gasteiger partial charge in [0.15, 0.2) is 0 Å². The molecule has 2 heterocycles. The van der Waals surface area contributed by atoms with Crippen LogP contribution in [0.3, 0.4) is 0 Å². The Balaban J connectivity index is 0.00000205. The fourth-order valence-electron chi connectivity index (χ4n) is 5.87. The molecule has 0 radical (unpaired) electrons. The Morgan fingerprint density at radius 2 is 1.17 bits per heavy atom. The highest BCUT2D eigenvalue weighted by atomic mass is 35.5. The molecule has 1 unspecified atom stereocenters. The van der Waals surface area contributed by atoms with Crippen LogP contribution in [0.5, 0.6) is 11.5 Å². The summed E-state index contributed by atoms with van der Waals surface area (Å²) < 4.78 is 10.9. The minimum absolute atomic E-state index is 0. The van der Waals surface area contributed by atoms with Gasteiger partial charge < -0.3 is 14.5 Å². The molecule has 1 aliphatic heterocycles. The Morgan fingerprint density at radius 1 is 0.690 bits per heavy atom. The number of H-pyrrole nitrogens is 1. The van der Waals surface area contributed by atoms with Gasteiger partial charge in [0.05, 0.1) is 32.0 Å². The quantitative estimate of drug-likeness (QED) is 0.204. The standard InChI is InChI=1S/C33H40N4O2.3ClH/c1-23(2)31(30-24(3)34-33(35-30)27-9-7-6-8-10-27)36-19-21-37(22-20-36)32(25-11-15-28(38-4)16-12-25)26-13-17-29(39-5)18-14-26;;;/h6-18,23,31-32H,19-22H2,1-5H3,(H,34,35);3*1H. The lowest BCUT2D eigenvalue weighted by molar-refractivity contribution is 0.0599. The molecule has 5 rings (SSSR count). The minimum atomic E-state index is 0. The lowest BCUT2D eigenvalue weighted by Gasteiger charge is -2.43. The zero-order valence-electron chi connectivity index (χ0n) is 24.9. The third-order valence-corrected chi connectivity index (χ3v) is 7.85. The minimum Gasteiger partial charge on any atom is -0.497 e. The van der Waals surface area contributed by atoms with Crippen LogP contribution >= 0.6 is 37.2 Å². The maximum Gasteiger partial charge on any atom is 0.137 e. The van der Waals surface area contributed by atoms with Gasteiger partial charge >= 0.3 is 0 Å². The number of benzene rings is 3. The van der Waals surface area contributed by atoms with E-state index in [1.165, 1.54) is 16.8 Å². The van der Waals surface area contributed by atoms with E-state index in [1.54, 1.807) is 14.2 Å². The second kappa shape index (κ2) is 16.2. The van der Waals surface area contributed by atoms with Gasteiger partial charge in [-0.2, -0.15) is 0 Å². The van der Waals surface area contributed by atoms with E-state index >= 15 is 0 Å². The van der Waals surface area contributed by atoms with Crippen molar-refractivity contribution < 1.29 is 9.47 Å². The summed E-state index contributed by atoms with van der Waals surface area (Å²) in [5, 5.41) is 0. The highest BCUT2D eigenvalue weighted by Crippen LogP contribution is 2.36. The first kappa shape index (κ1) is 35.5. The van der Waals surface area contributed by atoms with Crippen molar-refractivity contribution in [3.05, 3.63) is 101 Å². The molecule has 1 aliphatic rings. The van der Waals surface area contributed by atoms with Crippen molar-refractivity contribution in [2.24, 2.45) is 5.92 Å². The number of nitrogens with one attached hydrogen (secondary N) is 1. The number of nitrogens with zero attached hydrogens (tertiary/aromatic N) is 3. The molecular formula is C33H43Cl3N4O2. The van der Waals surface area contributed by atoms with Gasteiger partial charge in [0.1, 0.15) is 17.3 Å². The molecule has 6 nitrogen and oxygen atoms in total. The first-order valence-electron chi connectivity index (χ1n) is 13.9. The number of imidazole rings is 1. The molecule has 0 saturated carbocycles. The summed E-state index contributed by atoms with van der Waals surface area (Å²) in [6.45, 7) is 10.7. The van der Waals surface area contributed by atoms with Crippen molar-refractivity contribution in [2.45, 2.75) is 32.9 Å². The smallest absolute Gasteiger partial charge is 0.137 e. The predicted molar refractivity (Wildman–Crippen MR) is 179 cm³/mol. The number of aryl methyl sites for hydroxylation is 1. The van der Waals surface area contributed by atoms with Crippen molar-refractivity contribution in [2.75, 3.05) is 40.4 Å². The molecule has 42 heavy (non-hydrogen) atoms. The Labute approximate surface area is 269 Å². The number of rotatable bonds is 9. The molecular weight excluding hydrogens is 591 g/mol. The SMILES string of the molecule is COc1ccc(C(c2ccc(OC)cc2)N2CCN(C(c3nc(-c4ccccc4)[nH]c3C)C(C)C)CC2)cc1.Cl.Cl.Cl. The number of halogens is 3. The number of ether oxygens (including phenoxy) is 2. The van der Waals surface area contributed by atoms with E-state index in [4.69, 9.17) is 14.5 Å². The lowest BCUT2D eigenvalue weighted by Crippen LogP contribution is -2.50. The van der Waals surface area contributed by atoms with Gasteiger partial charge in [0.25, 0.3) is 0 Å². The molecule has 0 spiro atoms. The normalized spacial score (nSPS) is 14.5. The van der Waals surface area contributed by atoms with Crippen LogP contribution in [0.15, 0.2) is 78.9 Å². The Hall–Kier alpha value is -2.74. The Morgan fingerprint density at radius 3 is 1.62 bits per heavy atom. The molecule has 1 saturated heterocycles. The van der Waals surface area contributed by atoms with Gasteiger partial charge in [-0.25, -0.2) is 4.98 Å². The second-order valence-corrected chi connectivity index (χ2v) is 10.7. The molecule has 0 aliphatic carbocycles. The number of piperazine rings is 1. The highest BCUT2D eigenvalue weighted by molar-refractivity contribution is 5.86. The van der Waals surface area contributed by atoms with Crippen molar-refractivity contribution in [1.82, 2.24) is 19.8 Å². The lowest BCUT2D eigenvalue weighted by atomic mass is 9.94. The van der Waals surface area contributed by atoms with E-state index in [9.17, 15) is 0 Å². The first-order chi connectivity index (χ1) is 19.0. The zero-order valence-corrected chi connectivity index (χ0v) is 27.4. The van der Waals surface area contributed by atoms with Gasteiger partial charge in [0, 0.05) is 37.4 Å². The Kier molecular flexibility index (Phi) is 13.7. The summed E-state index contributed by atoms with van der Waals surface area (Å²) in [7, 11) is 3.43. The van der Waals surface area contributed by atoms with E-state index in [2.05, 4.69) is 108 Å². The number of aromatic amines is 1. The van der Waals surface area contributed by atoms with Crippen molar-refractivity contribution in [1.29, 1.82) is 0 Å². The van der Waals surface area contributed by atoms with Crippen LogP contribution in [0.1, 0.15) is 48.4 Å². The maximum atomic E-state index is 5.43. The van der Waals surface area contributed by atoms with Crippen LogP contribution < -0.4 is 9.47 Å². The molecule has 0 amide bonds. The molecule has 1 fully saturated rings. The van der Waals surface area contributed by atoms with Crippen LogP contribution in [0.25, 0.3) is 11.4 Å². The summed E-state index contributed by atoms with van der Waals surface area (Å²) in [6.07, 6.45) is 0. The van der Waals surface area contributed by atoms with Crippen LogP contribution in [-0.4, -0.2) is 60.2 Å². The molecule has 228 valence electrons. The maximum absolute atomic E-state index is 5.43. The van der Waals surface area contributed by atoms with Crippen LogP contribution in [0.2, 0.25) is 0 Å². The second-order valence-electron chi connectivity index (χ2n) is 10.7. The molecule has 4 aromatic rings. The summed E-state index contributed by atoms with van der Waals surface area (Å²) in [6, 6.07) is 27.8. The molecule has 1 N–H and O–H groups in total. The van der Waals surface area contributed by atoms with Gasteiger partial charge in [0.2, 0.25) is 0 Å². The predicted octanol–water partition coefficient (Wildman–Crippen LogP) is 7.77. The third-order valence-electron chi connectivity index (χ3n) is 7.85. The molecule has 1 aromatic heterocycles. The topological polar surface area (TPSA) is 53.6 Å². The number of hydrogen-bond acceptors (Lipinski definition) is 5. The van der Waals surface area contributed by atoms with E-state index in [1.807, 2.05) is 6.07 Å². The van der Waals surface area contributed by atoms with Gasteiger partial charge in [-0.3, -0.25) is 9.80 Å². The fraction of sp³-hybridized carbons (Fsp3) is 0.364. The monoisotopic (exact) mass is 632 g/mol. The molecule has 3 aromatic carbocycles. The van der Waals surface area contributed by atoms with E-state index in [0.717, 1.165) is 54.8 Å². The summed E-state index contributed by atoms with van der Waals surface area (Å²) in [5.74, 6) is 3.15. The molecule has 1 atom stereocenters. The van der Waals surface area contributed by atoms with Gasteiger partial charge in [-0.05, 0) is 48.2 Å². The highest BCUT2D eigenvalue weighted by Gasteiger charge is 2.33. The van der Waals surface area contributed by atoms with E-state index < -0.39 is 0 Å². The van der Waals surface area contributed by atoms with Crippen LogP contribution in [0.4, 0.5) is 0 Å². The number of aromatic nitrogens is 2. The fourth-order valence-corrected chi connectivity index (χ4v) is 5.87. The van der Waals surface area contributed by atoms with E-state index in [-0.39, 0.29) is 49.3 Å². The number of hydrogen-bond donors (Lipinski definition) is 1. The third kappa shape index (κ3) is 7.80. The van der Waals surface area contributed by atoms with Crippen molar-refractivity contribution >= 4 is 37.2 Å². The Bertz CT molecular complexity index is 1290. The van der Waals surface area contributed by atoms with Crippen LogP contribution in [0, 0.1) is 12.8 Å². The van der Waals surface area contributed by atoms with E-state index in [0.29, 0.717) is 5.92 Å². The molecule has 9 heteroatoms. The largest absolute Gasteiger partial charge is 0.497 e. The van der Waals surface area contributed by atoms with Crippen molar-refractivity contribution in [3.8, 4) is 22.9 Å². The summed E-state index contributed by atoms with van der Waals surface area (Å²) in [5.41, 5.74) is 5.99. The van der Waals surface area contributed by atoms with Gasteiger partial charge in [-0.1, -0.05) is 68.4 Å². The average molecular weight is 634 g/mol. The van der Waals surface area contributed by atoms with Crippen molar-refractivity contribution in [3.63, 3.8) is 0 Å². The molecule has 0 bridgehead atoms. The summed E-state index contributed by atoms with van der Waals surface area (Å²) >= 11 is 0. The van der Waals surface area contributed by atoms with Crippen LogP contribution in [-0.2, 0) is 0 Å². The van der Waals surface area contributed by atoms with Gasteiger partial charge in [-0.15, -0.1) is 37.2 Å². The first-order valence-corrected chi connectivity index (χ1v) is 13.9. The number of methoxy groups -OCH3 is 2.